The first kappa shape index (κ1) is 18.1. The van der Waals surface area contributed by atoms with Gasteiger partial charge in [0.25, 0.3) is 5.91 Å². The molecule has 2 aliphatic heterocycles. The number of Topliss-reactive ketones (excluding diaryl/α,β-unsaturated/α-hetero) is 1. The molecule has 3 rings (SSSR count). The Morgan fingerprint density at radius 2 is 2.00 bits per heavy atom. The predicted molar refractivity (Wildman–Crippen MR) is 94.8 cm³/mol. The number of aliphatic hydroxyl groups excluding tert-OH is 1. The quantitative estimate of drug-likeness (QED) is 0.826. The Kier molecular flexibility index (Phi) is 5.24. The van der Waals surface area contributed by atoms with Crippen LogP contribution in [0.25, 0.3) is 0 Å². The summed E-state index contributed by atoms with van der Waals surface area (Å²) in [5, 5.41) is 10.9. The second-order valence-corrected chi connectivity index (χ2v) is 8.00. The van der Waals surface area contributed by atoms with Gasteiger partial charge in [0.2, 0.25) is 5.91 Å². The summed E-state index contributed by atoms with van der Waals surface area (Å²) < 4.78 is 0. The van der Waals surface area contributed by atoms with E-state index in [0.717, 1.165) is 19.3 Å². The van der Waals surface area contributed by atoms with E-state index in [1.807, 2.05) is 4.90 Å². The number of hydrogen-bond donors (Lipinski definition) is 1. The SMILES string of the molecule is CC(=O)c1cc(C(=O)N2CCC3(CCC(=O)N(CCO)C3)CC2)cs1. The third-order valence-electron chi connectivity index (χ3n) is 5.42. The zero-order chi connectivity index (χ0) is 18.0. The van der Waals surface area contributed by atoms with Crippen LogP contribution >= 0.6 is 11.3 Å². The summed E-state index contributed by atoms with van der Waals surface area (Å²) in [6.07, 6.45) is 3.14. The van der Waals surface area contributed by atoms with Crippen LogP contribution in [0.1, 0.15) is 52.6 Å². The fraction of sp³-hybridized carbons (Fsp3) is 0.611. The minimum Gasteiger partial charge on any atom is -0.395 e. The van der Waals surface area contributed by atoms with Gasteiger partial charge >= 0.3 is 0 Å². The van der Waals surface area contributed by atoms with E-state index in [2.05, 4.69) is 0 Å². The molecular formula is C18H24N2O4S. The molecule has 0 bridgehead atoms. The lowest BCUT2D eigenvalue weighted by atomic mass is 9.72. The maximum Gasteiger partial charge on any atom is 0.254 e. The van der Waals surface area contributed by atoms with E-state index in [-0.39, 0.29) is 29.6 Å². The normalized spacial score (nSPS) is 20.2. The zero-order valence-electron chi connectivity index (χ0n) is 14.5. The van der Waals surface area contributed by atoms with Gasteiger partial charge in [0.1, 0.15) is 0 Å². The smallest absolute Gasteiger partial charge is 0.254 e. The number of carbonyl (C=O) groups excluding carboxylic acids is 3. The van der Waals surface area contributed by atoms with E-state index in [9.17, 15) is 14.4 Å². The molecule has 3 heterocycles. The van der Waals surface area contributed by atoms with Gasteiger partial charge in [-0.05, 0) is 37.7 Å². The molecule has 2 amide bonds. The van der Waals surface area contributed by atoms with Crippen LogP contribution in [0.5, 0.6) is 0 Å². The second kappa shape index (κ2) is 7.25. The first-order chi connectivity index (χ1) is 11.9. The number of piperidine rings is 2. The van der Waals surface area contributed by atoms with Gasteiger partial charge < -0.3 is 14.9 Å². The van der Waals surface area contributed by atoms with E-state index in [1.165, 1.54) is 18.3 Å². The Morgan fingerprint density at radius 1 is 1.28 bits per heavy atom. The van der Waals surface area contributed by atoms with E-state index in [4.69, 9.17) is 5.11 Å². The third-order valence-corrected chi connectivity index (χ3v) is 6.45. The molecule has 0 unspecified atom stereocenters. The highest BCUT2D eigenvalue weighted by atomic mass is 32.1. The van der Waals surface area contributed by atoms with Gasteiger partial charge in [-0.2, -0.15) is 0 Å². The highest BCUT2D eigenvalue weighted by Crippen LogP contribution is 2.40. The zero-order valence-corrected chi connectivity index (χ0v) is 15.3. The number of hydrogen-bond acceptors (Lipinski definition) is 5. The van der Waals surface area contributed by atoms with Crippen molar-refractivity contribution in [2.24, 2.45) is 5.41 Å². The van der Waals surface area contributed by atoms with Crippen molar-refractivity contribution >= 4 is 28.9 Å². The minimum atomic E-state index is -0.0162. The molecule has 6 nitrogen and oxygen atoms in total. The van der Waals surface area contributed by atoms with Crippen LogP contribution in [-0.2, 0) is 4.79 Å². The van der Waals surface area contributed by atoms with Crippen molar-refractivity contribution in [3.8, 4) is 0 Å². The molecule has 1 N–H and O–H groups in total. The van der Waals surface area contributed by atoms with Crippen LogP contribution in [0.3, 0.4) is 0 Å². The Morgan fingerprint density at radius 3 is 2.60 bits per heavy atom. The molecule has 1 aromatic heterocycles. The van der Waals surface area contributed by atoms with E-state index >= 15 is 0 Å². The monoisotopic (exact) mass is 364 g/mol. The van der Waals surface area contributed by atoms with Gasteiger partial charge in [0.05, 0.1) is 17.0 Å². The van der Waals surface area contributed by atoms with Crippen molar-refractivity contribution in [3.05, 3.63) is 21.9 Å². The molecule has 1 spiro atoms. The predicted octanol–water partition coefficient (Wildman–Crippen LogP) is 1.79. The highest BCUT2D eigenvalue weighted by molar-refractivity contribution is 7.12. The van der Waals surface area contributed by atoms with Gasteiger partial charge in [-0.25, -0.2) is 0 Å². The van der Waals surface area contributed by atoms with Crippen molar-refractivity contribution < 1.29 is 19.5 Å². The van der Waals surface area contributed by atoms with Crippen LogP contribution in [0, 0.1) is 5.41 Å². The Hall–Kier alpha value is -1.73. The third kappa shape index (κ3) is 3.77. The summed E-state index contributed by atoms with van der Waals surface area (Å²) in [5.41, 5.74) is 0.658. The Labute approximate surface area is 151 Å². The van der Waals surface area contributed by atoms with Crippen molar-refractivity contribution in [2.45, 2.75) is 32.6 Å². The highest BCUT2D eigenvalue weighted by Gasteiger charge is 2.41. The van der Waals surface area contributed by atoms with Crippen LogP contribution in [0.2, 0.25) is 0 Å². The van der Waals surface area contributed by atoms with Crippen LogP contribution in [0.4, 0.5) is 0 Å². The molecule has 0 saturated carbocycles. The van der Waals surface area contributed by atoms with Gasteiger partial charge in [-0.1, -0.05) is 0 Å². The first-order valence-electron chi connectivity index (χ1n) is 8.71. The number of amides is 2. The molecule has 7 heteroatoms. The number of aliphatic hydroxyl groups is 1. The second-order valence-electron chi connectivity index (χ2n) is 7.09. The topological polar surface area (TPSA) is 77.9 Å². The van der Waals surface area contributed by atoms with Gasteiger partial charge in [-0.3, -0.25) is 14.4 Å². The van der Waals surface area contributed by atoms with Crippen LogP contribution in [-0.4, -0.2) is 65.3 Å². The van der Waals surface area contributed by atoms with Crippen LogP contribution in [0.15, 0.2) is 11.4 Å². The van der Waals surface area contributed by atoms with Gasteiger partial charge in [-0.15, -0.1) is 11.3 Å². The average Bonchev–Trinajstić information content (AvgIpc) is 3.09. The number of rotatable bonds is 4. The van der Waals surface area contributed by atoms with Gasteiger partial charge in [0, 0.05) is 38.0 Å². The molecule has 25 heavy (non-hydrogen) atoms. The molecule has 0 atom stereocenters. The number of nitrogens with zero attached hydrogens (tertiary/aromatic N) is 2. The standard InChI is InChI=1S/C18H24N2O4S/c1-13(22)15-10-14(11-25-15)17(24)19-6-4-18(5-7-19)3-2-16(23)20(12-18)8-9-21/h10-11,21H,2-9,12H2,1H3. The lowest BCUT2D eigenvalue weighted by Crippen LogP contribution is -2.52. The molecule has 0 aliphatic carbocycles. The van der Waals surface area contributed by atoms with Crippen molar-refractivity contribution in [1.82, 2.24) is 9.80 Å². The summed E-state index contributed by atoms with van der Waals surface area (Å²) in [4.78, 5) is 40.2. The molecule has 2 fully saturated rings. The van der Waals surface area contributed by atoms with E-state index in [0.29, 0.717) is 43.0 Å². The molecule has 2 saturated heterocycles. The van der Waals surface area contributed by atoms with Crippen molar-refractivity contribution in [1.29, 1.82) is 0 Å². The fourth-order valence-electron chi connectivity index (χ4n) is 3.83. The van der Waals surface area contributed by atoms with Gasteiger partial charge in [0.15, 0.2) is 5.78 Å². The number of β-amino-alcohol motifs (C(OH)–C–C–N with tert-alkyl or cyclic N) is 1. The van der Waals surface area contributed by atoms with Crippen molar-refractivity contribution in [3.63, 3.8) is 0 Å². The molecular weight excluding hydrogens is 340 g/mol. The largest absolute Gasteiger partial charge is 0.395 e. The summed E-state index contributed by atoms with van der Waals surface area (Å²) >= 11 is 1.31. The first-order valence-corrected chi connectivity index (χ1v) is 9.59. The number of likely N-dealkylation sites (tertiary alicyclic amines) is 2. The number of thiophene rings is 1. The summed E-state index contributed by atoms with van der Waals surface area (Å²) in [6, 6.07) is 1.68. The van der Waals surface area contributed by atoms with E-state index in [1.54, 1.807) is 16.3 Å². The molecule has 136 valence electrons. The summed E-state index contributed by atoms with van der Waals surface area (Å²) in [6.45, 7) is 3.92. The summed E-state index contributed by atoms with van der Waals surface area (Å²) in [5.74, 6) is 0.0865. The molecule has 1 aromatic rings. The minimum absolute atomic E-state index is 0.0108. The van der Waals surface area contributed by atoms with E-state index < -0.39 is 0 Å². The van der Waals surface area contributed by atoms with Crippen molar-refractivity contribution in [2.75, 3.05) is 32.8 Å². The average molecular weight is 364 g/mol. The maximum atomic E-state index is 12.6. The Bertz CT molecular complexity index is 676. The number of ketones is 1. The lowest BCUT2D eigenvalue weighted by molar-refractivity contribution is -0.139. The summed E-state index contributed by atoms with van der Waals surface area (Å²) in [7, 11) is 0. The van der Waals surface area contributed by atoms with Crippen LogP contribution < -0.4 is 0 Å². The Balaban J connectivity index is 1.62. The maximum absolute atomic E-state index is 12.6. The lowest BCUT2D eigenvalue weighted by Gasteiger charge is -2.47. The fourth-order valence-corrected chi connectivity index (χ4v) is 4.62. The molecule has 2 aliphatic rings. The molecule has 0 radical (unpaired) electrons. The molecule has 0 aromatic carbocycles. The number of carbonyl (C=O) groups is 3.